The van der Waals surface area contributed by atoms with Crippen LogP contribution in [0.3, 0.4) is 0 Å². The molecule has 116 valence electrons. The van der Waals surface area contributed by atoms with Crippen LogP contribution in [0.5, 0.6) is 0 Å². The highest BCUT2D eigenvalue weighted by molar-refractivity contribution is 6.04. The topological polar surface area (TPSA) is 75.1 Å². The van der Waals surface area contributed by atoms with Gasteiger partial charge in [-0.25, -0.2) is 4.39 Å². The summed E-state index contributed by atoms with van der Waals surface area (Å²) < 4.78 is 13.7. The van der Waals surface area contributed by atoms with Crippen molar-refractivity contribution in [1.82, 2.24) is 15.3 Å². The summed E-state index contributed by atoms with van der Waals surface area (Å²) in [5.41, 5.74) is 1.46. The van der Waals surface area contributed by atoms with E-state index in [1.165, 1.54) is 18.5 Å². The van der Waals surface area contributed by atoms with Gasteiger partial charge < -0.3 is 10.4 Å². The van der Waals surface area contributed by atoms with Gasteiger partial charge in [-0.1, -0.05) is 30.3 Å². The Kier molecular flexibility index (Phi) is 4.25. The molecule has 1 atom stereocenters. The molecule has 5 nitrogen and oxygen atoms in total. The first-order valence-electron chi connectivity index (χ1n) is 7.06. The number of hydrogen-bond donors (Lipinski definition) is 2. The fraction of sp³-hybridized carbons (Fsp3) is 0.118. The quantitative estimate of drug-likeness (QED) is 0.775. The van der Waals surface area contributed by atoms with Crippen LogP contribution in [0.15, 0.2) is 54.9 Å². The summed E-state index contributed by atoms with van der Waals surface area (Å²) in [6.45, 7) is -0.269. The molecule has 0 aliphatic heterocycles. The van der Waals surface area contributed by atoms with Crippen molar-refractivity contribution in [2.24, 2.45) is 0 Å². The van der Waals surface area contributed by atoms with E-state index in [4.69, 9.17) is 0 Å². The minimum atomic E-state index is -0.585. The lowest BCUT2D eigenvalue weighted by Gasteiger charge is -2.17. The lowest BCUT2D eigenvalue weighted by atomic mass is 10.1. The molecule has 0 radical (unpaired) electrons. The zero-order valence-electron chi connectivity index (χ0n) is 12.1. The maximum atomic E-state index is 13.7. The number of benzene rings is 2. The van der Waals surface area contributed by atoms with E-state index in [-0.39, 0.29) is 12.2 Å². The Bertz CT molecular complexity index is 840. The molecule has 3 aromatic rings. The summed E-state index contributed by atoms with van der Waals surface area (Å²) >= 11 is 0. The highest BCUT2D eigenvalue weighted by Crippen LogP contribution is 2.18. The van der Waals surface area contributed by atoms with E-state index >= 15 is 0 Å². The minimum absolute atomic E-state index is 0.0856. The summed E-state index contributed by atoms with van der Waals surface area (Å²) in [6, 6.07) is 10.8. The standard InChI is InChI=1S/C17H14FN3O2/c18-12-8-13(16-14(9-12)19-6-7-20-16)17(23)21-15(10-22)11-4-2-1-3-5-11/h1-9,15,22H,10H2,(H,21,23)/t15-/m1/s1. The van der Waals surface area contributed by atoms with Gasteiger partial charge in [0.15, 0.2) is 0 Å². The van der Waals surface area contributed by atoms with Gasteiger partial charge in [0, 0.05) is 18.5 Å². The molecule has 1 amide bonds. The molecule has 0 aliphatic carbocycles. The highest BCUT2D eigenvalue weighted by Gasteiger charge is 2.18. The summed E-state index contributed by atoms with van der Waals surface area (Å²) in [5, 5.41) is 12.2. The summed E-state index contributed by atoms with van der Waals surface area (Å²) in [7, 11) is 0. The van der Waals surface area contributed by atoms with Gasteiger partial charge in [0.1, 0.15) is 11.3 Å². The highest BCUT2D eigenvalue weighted by atomic mass is 19.1. The molecule has 0 fully saturated rings. The molecule has 0 unspecified atom stereocenters. The number of hydrogen-bond acceptors (Lipinski definition) is 4. The number of rotatable bonds is 4. The third kappa shape index (κ3) is 3.17. The molecular formula is C17H14FN3O2. The second-order valence-electron chi connectivity index (χ2n) is 5.00. The van der Waals surface area contributed by atoms with Crippen molar-refractivity contribution < 1.29 is 14.3 Å². The molecule has 0 bridgehead atoms. The van der Waals surface area contributed by atoms with Crippen LogP contribution in [-0.2, 0) is 0 Å². The van der Waals surface area contributed by atoms with Crippen LogP contribution in [0.1, 0.15) is 22.0 Å². The van der Waals surface area contributed by atoms with Crippen molar-refractivity contribution in [3.8, 4) is 0 Å². The molecule has 23 heavy (non-hydrogen) atoms. The normalized spacial score (nSPS) is 12.1. The van der Waals surface area contributed by atoms with Gasteiger partial charge in [0.05, 0.1) is 23.7 Å². The average Bonchev–Trinajstić information content (AvgIpc) is 2.59. The molecule has 1 aromatic heterocycles. The second-order valence-corrected chi connectivity index (χ2v) is 5.00. The van der Waals surface area contributed by atoms with E-state index in [0.717, 1.165) is 11.6 Å². The predicted molar refractivity (Wildman–Crippen MR) is 83.2 cm³/mol. The van der Waals surface area contributed by atoms with E-state index in [1.54, 1.807) is 12.1 Å². The minimum Gasteiger partial charge on any atom is -0.394 e. The van der Waals surface area contributed by atoms with E-state index < -0.39 is 17.8 Å². The van der Waals surface area contributed by atoms with Gasteiger partial charge in [-0.3, -0.25) is 14.8 Å². The molecule has 1 heterocycles. The van der Waals surface area contributed by atoms with Crippen molar-refractivity contribution in [1.29, 1.82) is 0 Å². The van der Waals surface area contributed by atoms with E-state index in [0.29, 0.717) is 11.0 Å². The zero-order valence-corrected chi connectivity index (χ0v) is 12.1. The summed E-state index contributed by atoms with van der Waals surface area (Å²) in [4.78, 5) is 20.6. The Morgan fingerprint density at radius 2 is 1.91 bits per heavy atom. The number of halogens is 1. The van der Waals surface area contributed by atoms with Crippen LogP contribution >= 0.6 is 0 Å². The predicted octanol–water partition coefficient (Wildman–Crippen LogP) is 2.23. The number of aromatic nitrogens is 2. The number of nitrogens with zero attached hydrogens (tertiary/aromatic N) is 2. The molecule has 0 aliphatic rings. The van der Waals surface area contributed by atoms with Crippen molar-refractivity contribution in [3.63, 3.8) is 0 Å². The van der Waals surface area contributed by atoms with Gasteiger partial charge >= 0.3 is 0 Å². The molecule has 6 heteroatoms. The summed E-state index contributed by atoms with van der Waals surface area (Å²) in [5.74, 6) is -1.08. The first-order chi connectivity index (χ1) is 11.2. The van der Waals surface area contributed by atoms with Gasteiger partial charge in [0.25, 0.3) is 5.91 Å². The Morgan fingerprint density at radius 1 is 1.17 bits per heavy atom. The number of nitrogens with one attached hydrogen (secondary N) is 1. The van der Waals surface area contributed by atoms with Gasteiger partial charge in [-0.05, 0) is 11.6 Å². The van der Waals surface area contributed by atoms with Crippen LogP contribution in [0, 0.1) is 5.82 Å². The molecule has 3 rings (SSSR count). The first-order valence-corrected chi connectivity index (χ1v) is 7.06. The molecule has 0 saturated carbocycles. The largest absolute Gasteiger partial charge is 0.394 e. The van der Waals surface area contributed by atoms with Crippen molar-refractivity contribution >= 4 is 16.9 Å². The van der Waals surface area contributed by atoms with E-state index in [2.05, 4.69) is 15.3 Å². The Hall–Kier alpha value is -2.86. The fourth-order valence-corrected chi connectivity index (χ4v) is 2.37. The SMILES string of the molecule is O=C(N[C@H](CO)c1ccccc1)c1cc(F)cc2nccnc12. The van der Waals surface area contributed by atoms with Gasteiger partial charge in [-0.2, -0.15) is 0 Å². The van der Waals surface area contributed by atoms with Crippen LogP contribution in [-0.4, -0.2) is 27.6 Å². The van der Waals surface area contributed by atoms with Crippen LogP contribution in [0.25, 0.3) is 11.0 Å². The van der Waals surface area contributed by atoms with Gasteiger partial charge in [-0.15, -0.1) is 0 Å². The number of aliphatic hydroxyl groups is 1. The van der Waals surface area contributed by atoms with Crippen molar-refractivity contribution in [3.05, 3.63) is 71.8 Å². The second kappa shape index (κ2) is 6.50. The molecule has 0 saturated heterocycles. The maximum Gasteiger partial charge on any atom is 0.254 e. The first kappa shape index (κ1) is 15.1. The number of amides is 1. The third-order valence-corrected chi connectivity index (χ3v) is 3.47. The average molecular weight is 311 g/mol. The van der Waals surface area contributed by atoms with E-state index in [9.17, 15) is 14.3 Å². The monoisotopic (exact) mass is 311 g/mol. The maximum absolute atomic E-state index is 13.7. The molecular weight excluding hydrogens is 297 g/mol. The number of fused-ring (bicyclic) bond motifs is 1. The van der Waals surface area contributed by atoms with Crippen LogP contribution in [0.2, 0.25) is 0 Å². The molecule has 0 spiro atoms. The Labute approximate surface area is 131 Å². The van der Waals surface area contributed by atoms with E-state index in [1.807, 2.05) is 18.2 Å². The van der Waals surface area contributed by atoms with Gasteiger partial charge in [0.2, 0.25) is 0 Å². The summed E-state index contributed by atoms with van der Waals surface area (Å²) in [6.07, 6.45) is 2.88. The Morgan fingerprint density at radius 3 is 2.65 bits per heavy atom. The lowest BCUT2D eigenvalue weighted by Crippen LogP contribution is -2.31. The smallest absolute Gasteiger partial charge is 0.254 e. The van der Waals surface area contributed by atoms with Crippen molar-refractivity contribution in [2.45, 2.75) is 6.04 Å². The number of carbonyl (C=O) groups is 1. The number of aliphatic hydroxyl groups excluding tert-OH is 1. The zero-order chi connectivity index (χ0) is 16.2. The third-order valence-electron chi connectivity index (χ3n) is 3.47. The number of carbonyl (C=O) groups excluding carboxylic acids is 1. The van der Waals surface area contributed by atoms with Crippen molar-refractivity contribution in [2.75, 3.05) is 6.61 Å². The van der Waals surface area contributed by atoms with Crippen LogP contribution < -0.4 is 5.32 Å². The fourth-order valence-electron chi connectivity index (χ4n) is 2.37. The molecule has 2 aromatic carbocycles. The lowest BCUT2D eigenvalue weighted by molar-refractivity contribution is 0.0917. The molecule has 2 N–H and O–H groups in total. The Balaban J connectivity index is 1.94. The van der Waals surface area contributed by atoms with Crippen LogP contribution in [0.4, 0.5) is 4.39 Å².